The lowest BCUT2D eigenvalue weighted by Gasteiger charge is -1.95. The summed E-state index contributed by atoms with van der Waals surface area (Å²) in [6, 6.07) is 0. The fraction of sp³-hybridized carbons (Fsp3) is 0.857. The van der Waals surface area contributed by atoms with Gasteiger partial charge in [-0.3, -0.25) is 9.59 Å². The van der Waals surface area contributed by atoms with Crippen LogP contribution < -0.4 is 0 Å². The van der Waals surface area contributed by atoms with Gasteiger partial charge in [-0.1, -0.05) is 39.5 Å². The van der Waals surface area contributed by atoms with Gasteiger partial charge >= 0.3 is 11.9 Å². The highest BCUT2D eigenvalue weighted by Gasteiger charge is 1.97. The van der Waals surface area contributed by atoms with Crippen LogP contribution in [0.1, 0.15) is 65.2 Å². The van der Waals surface area contributed by atoms with Crippen LogP contribution in [0, 0.1) is 0 Å². The Labute approximate surface area is 111 Å². The van der Waals surface area contributed by atoms with E-state index in [-0.39, 0.29) is 11.9 Å². The van der Waals surface area contributed by atoms with Crippen molar-refractivity contribution >= 4 is 11.9 Å². The highest BCUT2D eigenvalue weighted by atomic mass is 16.5. The predicted octanol–water partition coefficient (Wildman–Crippen LogP) is 3.48. The Bertz CT molecular complexity index is 180. The molecular formula is C14H28O4. The summed E-state index contributed by atoms with van der Waals surface area (Å²) in [5.41, 5.74) is 0. The van der Waals surface area contributed by atoms with E-state index >= 15 is 0 Å². The summed E-state index contributed by atoms with van der Waals surface area (Å²) >= 11 is 0. The van der Waals surface area contributed by atoms with Crippen LogP contribution in [0.2, 0.25) is 0 Å². The van der Waals surface area contributed by atoms with Crippen LogP contribution in [0.3, 0.4) is 0 Å². The van der Waals surface area contributed by atoms with Crippen molar-refractivity contribution in [3.8, 4) is 0 Å². The summed E-state index contributed by atoms with van der Waals surface area (Å²) < 4.78 is 8.92. The highest BCUT2D eigenvalue weighted by molar-refractivity contribution is 5.69. The van der Waals surface area contributed by atoms with Crippen molar-refractivity contribution in [2.45, 2.75) is 65.2 Å². The van der Waals surface area contributed by atoms with E-state index in [1.165, 1.54) is 14.2 Å². The molecule has 0 N–H and O–H groups in total. The standard InChI is InChI=1S/2C7H14O2/c2*1-3-4-5-6-7(8)9-2/h2*3-6H2,1-2H3. The maximum Gasteiger partial charge on any atom is 0.305 e. The minimum atomic E-state index is -0.0940. The third-order valence-electron chi connectivity index (χ3n) is 2.42. The molecule has 18 heavy (non-hydrogen) atoms. The summed E-state index contributed by atoms with van der Waals surface area (Å²) in [6.07, 6.45) is 7.61. The molecule has 0 aliphatic heterocycles. The van der Waals surface area contributed by atoms with Gasteiger partial charge in [-0.2, -0.15) is 0 Å². The number of hydrogen-bond acceptors (Lipinski definition) is 4. The maximum atomic E-state index is 10.5. The first-order valence-electron chi connectivity index (χ1n) is 6.75. The van der Waals surface area contributed by atoms with E-state index in [1.54, 1.807) is 0 Å². The molecule has 108 valence electrons. The van der Waals surface area contributed by atoms with Crippen LogP contribution in [0.25, 0.3) is 0 Å². The summed E-state index contributed by atoms with van der Waals surface area (Å²) in [7, 11) is 2.85. The molecule has 0 rings (SSSR count). The van der Waals surface area contributed by atoms with Crippen molar-refractivity contribution in [1.82, 2.24) is 0 Å². The first kappa shape index (κ1) is 19.3. The van der Waals surface area contributed by atoms with Gasteiger partial charge in [0.25, 0.3) is 0 Å². The van der Waals surface area contributed by atoms with Gasteiger partial charge in [0.15, 0.2) is 0 Å². The third kappa shape index (κ3) is 17.3. The van der Waals surface area contributed by atoms with Crippen molar-refractivity contribution in [3.05, 3.63) is 0 Å². The lowest BCUT2D eigenvalue weighted by Crippen LogP contribution is -1.98. The molecule has 0 saturated heterocycles. The minimum Gasteiger partial charge on any atom is -0.469 e. The Hall–Kier alpha value is -1.06. The van der Waals surface area contributed by atoms with Crippen molar-refractivity contribution in [3.63, 3.8) is 0 Å². The molecule has 0 saturated carbocycles. The smallest absolute Gasteiger partial charge is 0.305 e. The van der Waals surface area contributed by atoms with Crippen LogP contribution in [0.5, 0.6) is 0 Å². The van der Waals surface area contributed by atoms with Gasteiger partial charge in [0, 0.05) is 12.8 Å². The molecular weight excluding hydrogens is 232 g/mol. The number of carbonyl (C=O) groups is 2. The lowest BCUT2D eigenvalue weighted by atomic mass is 10.2. The molecule has 0 spiro atoms. The number of carbonyl (C=O) groups excluding carboxylic acids is 2. The number of hydrogen-bond donors (Lipinski definition) is 0. The number of methoxy groups -OCH3 is 2. The number of unbranched alkanes of at least 4 members (excludes halogenated alkanes) is 4. The van der Waals surface area contributed by atoms with E-state index in [1.807, 2.05) is 0 Å². The Morgan fingerprint density at radius 2 is 1.06 bits per heavy atom. The zero-order valence-corrected chi connectivity index (χ0v) is 12.3. The number of esters is 2. The van der Waals surface area contributed by atoms with Gasteiger partial charge in [-0.25, -0.2) is 0 Å². The van der Waals surface area contributed by atoms with Gasteiger partial charge in [-0.05, 0) is 12.8 Å². The third-order valence-corrected chi connectivity index (χ3v) is 2.42. The highest BCUT2D eigenvalue weighted by Crippen LogP contribution is 1.99. The minimum absolute atomic E-state index is 0.0940. The van der Waals surface area contributed by atoms with Crippen LogP contribution in [-0.4, -0.2) is 26.2 Å². The normalized spacial score (nSPS) is 9.11. The Balaban J connectivity index is 0. The molecule has 0 aromatic heterocycles. The fourth-order valence-corrected chi connectivity index (χ4v) is 1.24. The van der Waals surface area contributed by atoms with Gasteiger partial charge in [0.1, 0.15) is 0 Å². The average molecular weight is 260 g/mol. The first-order valence-corrected chi connectivity index (χ1v) is 6.75. The van der Waals surface area contributed by atoms with E-state index < -0.39 is 0 Å². The molecule has 0 heterocycles. The van der Waals surface area contributed by atoms with Gasteiger partial charge in [0.2, 0.25) is 0 Å². The monoisotopic (exact) mass is 260 g/mol. The van der Waals surface area contributed by atoms with E-state index in [0.29, 0.717) is 12.8 Å². The topological polar surface area (TPSA) is 52.6 Å². The molecule has 0 bridgehead atoms. The van der Waals surface area contributed by atoms with E-state index in [2.05, 4.69) is 23.3 Å². The van der Waals surface area contributed by atoms with Crippen molar-refractivity contribution < 1.29 is 19.1 Å². The summed E-state index contributed by atoms with van der Waals surface area (Å²) in [5, 5.41) is 0. The second-order valence-corrected chi connectivity index (χ2v) is 4.07. The lowest BCUT2D eigenvalue weighted by molar-refractivity contribution is -0.141. The zero-order chi connectivity index (χ0) is 14.2. The molecule has 0 atom stereocenters. The maximum absolute atomic E-state index is 10.5. The Morgan fingerprint density at radius 1 is 0.722 bits per heavy atom. The largest absolute Gasteiger partial charge is 0.469 e. The first-order chi connectivity index (χ1) is 8.62. The fourth-order valence-electron chi connectivity index (χ4n) is 1.24. The van der Waals surface area contributed by atoms with Crippen LogP contribution >= 0.6 is 0 Å². The summed E-state index contributed by atoms with van der Waals surface area (Å²) in [5.74, 6) is -0.188. The summed E-state index contributed by atoms with van der Waals surface area (Å²) in [6.45, 7) is 4.22. The Kier molecular flexibility index (Phi) is 17.1. The molecule has 0 aromatic rings. The summed E-state index contributed by atoms with van der Waals surface area (Å²) in [4.78, 5) is 20.9. The Morgan fingerprint density at radius 3 is 1.28 bits per heavy atom. The molecule has 4 nitrogen and oxygen atoms in total. The van der Waals surface area contributed by atoms with Gasteiger partial charge < -0.3 is 9.47 Å². The predicted molar refractivity (Wildman–Crippen MR) is 72.3 cm³/mol. The van der Waals surface area contributed by atoms with Gasteiger partial charge in [0.05, 0.1) is 14.2 Å². The number of rotatable bonds is 8. The molecule has 0 aromatic carbocycles. The van der Waals surface area contributed by atoms with Gasteiger partial charge in [-0.15, -0.1) is 0 Å². The SMILES string of the molecule is CCCCCC(=O)OC.CCCCCC(=O)OC. The van der Waals surface area contributed by atoms with Crippen LogP contribution in [0.4, 0.5) is 0 Å². The molecule has 4 heteroatoms. The van der Waals surface area contributed by atoms with Crippen molar-refractivity contribution in [1.29, 1.82) is 0 Å². The molecule has 0 aliphatic rings. The zero-order valence-electron chi connectivity index (χ0n) is 12.3. The molecule has 0 amide bonds. The second kappa shape index (κ2) is 15.9. The van der Waals surface area contributed by atoms with Crippen LogP contribution in [-0.2, 0) is 19.1 Å². The van der Waals surface area contributed by atoms with Crippen LogP contribution in [0.15, 0.2) is 0 Å². The molecule has 0 radical (unpaired) electrons. The van der Waals surface area contributed by atoms with E-state index in [0.717, 1.165) is 38.5 Å². The quantitative estimate of drug-likeness (QED) is 0.495. The van der Waals surface area contributed by atoms with E-state index in [4.69, 9.17) is 0 Å². The number of ether oxygens (including phenoxy) is 2. The molecule has 0 fully saturated rings. The van der Waals surface area contributed by atoms with Crippen molar-refractivity contribution in [2.75, 3.05) is 14.2 Å². The second-order valence-electron chi connectivity index (χ2n) is 4.07. The molecule has 0 aliphatic carbocycles. The van der Waals surface area contributed by atoms with E-state index in [9.17, 15) is 9.59 Å². The van der Waals surface area contributed by atoms with Crippen molar-refractivity contribution in [2.24, 2.45) is 0 Å². The average Bonchev–Trinajstić information content (AvgIpc) is 2.39. The molecule has 0 unspecified atom stereocenters.